The lowest BCUT2D eigenvalue weighted by molar-refractivity contribution is -0.105. The maximum atomic E-state index is 11.5. The molecular weight excluding hydrogens is 343 g/mol. The minimum atomic E-state index is -0.333. The van der Waals surface area contributed by atoms with Crippen LogP contribution in [0.3, 0.4) is 0 Å². The zero-order chi connectivity index (χ0) is 15.0. The molecule has 2 aromatic heterocycles. The monoisotopic (exact) mass is 354 g/mol. The molecule has 0 N–H and O–H groups in total. The smallest absolute Gasteiger partial charge is 0.146 e. The van der Waals surface area contributed by atoms with Crippen molar-refractivity contribution in [2.45, 2.75) is 18.8 Å². The molecule has 2 aromatic rings. The van der Waals surface area contributed by atoms with Gasteiger partial charge in [-0.15, -0.1) is 22.7 Å². The van der Waals surface area contributed by atoms with E-state index in [0.29, 0.717) is 0 Å². The van der Waals surface area contributed by atoms with Crippen LogP contribution in [0.25, 0.3) is 5.57 Å². The number of hydrogen-bond acceptors (Lipinski definition) is 3. The van der Waals surface area contributed by atoms with Crippen LogP contribution in [0.2, 0.25) is 8.67 Å². The first-order valence-corrected chi connectivity index (χ1v) is 8.80. The Morgan fingerprint density at radius 3 is 2.38 bits per heavy atom. The van der Waals surface area contributed by atoms with Crippen LogP contribution in [0.1, 0.15) is 23.1 Å². The van der Waals surface area contributed by atoms with Gasteiger partial charge in [0.05, 0.1) is 8.67 Å². The van der Waals surface area contributed by atoms with Gasteiger partial charge in [0, 0.05) is 20.7 Å². The average molecular weight is 355 g/mol. The van der Waals surface area contributed by atoms with Gasteiger partial charge in [0.1, 0.15) is 6.29 Å². The summed E-state index contributed by atoms with van der Waals surface area (Å²) in [6.07, 6.45) is 5.64. The minimum Gasteiger partial charge on any atom is -0.298 e. The van der Waals surface area contributed by atoms with Crippen LogP contribution in [0.15, 0.2) is 42.0 Å². The lowest BCUT2D eigenvalue weighted by Gasteiger charge is -2.32. The van der Waals surface area contributed by atoms with Gasteiger partial charge in [0.25, 0.3) is 0 Å². The topological polar surface area (TPSA) is 17.1 Å². The zero-order valence-electron chi connectivity index (χ0n) is 11.2. The van der Waals surface area contributed by atoms with E-state index in [1.54, 1.807) is 11.3 Å². The van der Waals surface area contributed by atoms with Gasteiger partial charge in [-0.1, -0.05) is 42.3 Å². The summed E-state index contributed by atoms with van der Waals surface area (Å²) in [5.74, 6) is 0. The van der Waals surface area contributed by atoms with E-state index in [9.17, 15) is 4.79 Å². The van der Waals surface area contributed by atoms with Crippen molar-refractivity contribution in [3.05, 3.63) is 60.4 Å². The minimum absolute atomic E-state index is 0.333. The average Bonchev–Trinajstić information content (AvgIpc) is 3.08. The third-order valence-corrected chi connectivity index (χ3v) is 6.58. The van der Waals surface area contributed by atoms with Crippen LogP contribution in [0.5, 0.6) is 0 Å². The standard InChI is InChI=1S/C16H12Cl2OS2/c1-16(13-5-7-15(18)21-13)8-10(2-3-11(16)9-19)12-4-6-14(17)20-12/h2-7,9H,8H2,1H3. The van der Waals surface area contributed by atoms with E-state index in [1.165, 1.54) is 16.9 Å². The molecule has 0 spiro atoms. The molecule has 2 heterocycles. The van der Waals surface area contributed by atoms with Crippen LogP contribution in [0, 0.1) is 0 Å². The number of carbonyl (C=O) groups excluding carboxylic acids is 1. The van der Waals surface area contributed by atoms with Gasteiger partial charge in [-0.2, -0.15) is 0 Å². The molecule has 108 valence electrons. The molecule has 0 amide bonds. The Hall–Kier alpha value is -0.870. The number of aldehydes is 1. The molecule has 21 heavy (non-hydrogen) atoms. The summed E-state index contributed by atoms with van der Waals surface area (Å²) in [6, 6.07) is 7.82. The first-order chi connectivity index (χ1) is 10.0. The number of hydrogen-bond donors (Lipinski definition) is 0. The molecule has 1 unspecified atom stereocenters. The fourth-order valence-electron chi connectivity index (χ4n) is 2.58. The van der Waals surface area contributed by atoms with Gasteiger partial charge in [-0.05, 0) is 36.3 Å². The molecule has 1 nitrogen and oxygen atoms in total. The van der Waals surface area contributed by atoms with Crippen molar-refractivity contribution in [1.82, 2.24) is 0 Å². The van der Waals surface area contributed by atoms with Gasteiger partial charge in [-0.3, -0.25) is 4.79 Å². The second-order valence-corrected chi connectivity index (χ2v) is 8.58. The number of thiophene rings is 2. The highest BCUT2D eigenvalue weighted by Crippen LogP contribution is 2.46. The number of carbonyl (C=O) groups is 1. The van der Waals surface area contributed by atoms with E-state index in [2.05, 4.69) is 6.92 Å². The van der Waals surface area contributed by atoms with Gasteiger partial charge >= 0.3 is 0 Å². The van der Waals surface area contributed by atoms with Crippen molar-refractivity contribution in [2.75, 3.05) is 0 Å². The molecule has 0 aliphatic heterocycles. The summed E-state index contributed by atoms with van der Waals surface area (Å²) < 4.78 is 1.52. The predicted octanol–water partition coefficient (Wildman–Crippen LogP) is 5.99. The lowest BCUT2D eigenvalue weighted by Crippen LogP contribution is -2.26. The molecule has 1 aliphatic carbocycles. The summed E-state index contributed by atoms with van der Waals surface area (Å²) in [4.78, 5) is 13.7. The summed E-state index contributed by atoms with van der Waals surface area (Å²) in [5.41, 5.74) is 1.65. The van der Waals surface area contributed by atoms with Gasteiger partial charge < -0.3 is 0 Å². The van der Waals surface area contributed by atoms with Crippen molar-refractivity contribution < 1.29 is 4.79 Å². The SMILES string of the molecule is CC1(c2ccc(Cl)s2)CC(c2ccc(Cl)s2)=CC=C1C=O. The highest BCUT2D eigenvalue weighted by Gasteiger charge is 2.35. The number of halogens is 2. The van der Waals surface area contributed by atoms with Crippen molar-refractivity contribution >= 4 is 57.7 Å². The Morgan fingerprint density at radius 2 is 1.81 bits per heavy atom. The van der Waals surface area contributed by atoms with Gasteiger partial charge in [0.2, 0.25) is 0 Å². The molecule has 1 atom stereocenters. The molecule has 0 saturated carbocycles. The molecule has 0 radical (unpaired) electrons. The Labute approximate surface area is 141 Å². The van der Waals surface area contributed by atoms with Crippen LogP contribution in [0.4, 0.5) is 0 Å². The molecule has 1 aliphatic rings. The normalized spacial score (nSPS) is 21.9. The van der Waals surface area contributed by atoms with E-state index in [0.717, 1.165) is 36.7 Å². The Balaban J connectivity index is 2.04. The van der Waals surface area contributed by atoms with E-state index in [4.69, 9.17) is 23.2 Å². The zero-order valence-corrected chi connectivity index (χ0v) is 14.4. The summed E-state index contributed by atoms with van der Waals surface area (Å²) in [5, 5.41) is 0. The van der Waals surface area contributed by atoms with E-state index in [1.807, 2.05) is 36.4 Å². The Bertz CT molecular complexity index is 754. The maximum Gasteiger partial charge on any atom is 0.146 e. The number of rotatable bonds is 3. The van der Waals surface area contributed by atoms with Crippen molar-refractivity contribution in [3.63, 3.8) is 0 Å². The van der Waals surface area contributed by atoms with Crippen molar-refractivity contribution in [1.29, 1.82) is 0 Å². The molecule has 0 aromatic carbocycles. The Morgan fingerprint density at radius 1 is 1.10 bits per heavy atom. The highest BCUT2D eigenvalue weighted by molar-refractivity contribution is 7.17. The van der Waals surface area contributed by atoms with Gasteiger partial charge in [-0.25, -0.2) is 0 Å². The summed E-state index contributed by atoms with van der Waals surface area (Å²) in [6.45, 7) is 2.09. The Kier molecular flexibility index (Phi) is 4.10. The van der Waals surface area contributed by atoms with Crippen LogP contribution in [-0.2, 0) is 10.2 Å². The third kappa shape index (κ3) is 2.76. The largest absolute Gasteiger partial charge is 0.298 e. The first-order valence-electron chi connectivity index (χ1n) is 6.41. The summed E-state index contributed by atoms with van der Waals surface area (Å²) in [7, 11) is 0. The highest BCUT2D eigenvalue weighted by atomic mass is 35.5. The first kappa shape index (κ1) is 15.0. The fraction of sp³-hybridized carbons (Fsp3) is 0.188. The number of allylic oxidation sites excluding steroid dienone is 4. The quantitative estimate of drug-likeness (QED) is 0.619. The van der Waals surface area contributed by atoms with Crippen LogP contribution < -0.4 is 0 Å². The van der Waals surface area contributed by atoms with Crippen LogP contribution >= 0.6 is 45.9 Å². The predicted molar refractivity (Wildman–Crippen MR) is 92.8 cm³/mol. The molecule has 5 heteroatoms. The van der Waals surface area contributed by atoms with Gasteiger partial charge in [0.15, 0.2) is 0 Å². The van der Waals surface area contributed by atoms with Crippen molar-refractivity contribution in [2.24, 2.45) is 0 Å². The second kappa shape index (κ2) is 5.73. The lowest BCUT2D eigenvalue weighted by atomic mass is 9.73. The van der Waals surface area contributed by atoms with E-state index < -0.39 is 0 Å². The molecule has 3 rings (SSSR count). The van der Waals surface area contributed by atoms with Crippen LogP contribution in [-0.4, -0.2) is 6.29 Å². The summed E-state index contributed by atoms with van der Waals surface area (Å²) >= 11 is 15.2. The fourth-order valence-corrected chi connectivity index (χ4v) is 4.86. The molecular formula is C16H12Cl2OS2. The van der Waals surface area contributed by atoms with Crippen molar-refractivity contribution in [3.8, 4) is 0 Å². The molecule has 0 bridgehead atoms. The second-order valence-electron chi connectivity index (χ2n) is 5.15. The molecule has 0 saturated heterocycles. The van der Waals surface area contributed by atoms with E-state index in [-0.39, 0.29) is 5.41 Å². The maximum absolute atomic E-state index is 11.5. The third-order valence-electron chi connectivity index (χ3n) is 3.78. The van der Waals surface area contributed by atoms with E-state index >= 15 is 0 Å². The molecule has 0 fully saturated rings.